The van der Waals surface area contributed by atoms with E-state index in [0.29, 0.717) is 23.4 Å². The molecule has 0 spiro atoms. The Morgan fingerprint density at radius 3 is 2.14 bits per heavy atom. The molecule has 1 heterocycles. The van der Waals surface area contributed by atoms with Crippen LogP contribution in [0.4, 0.5) is 16.3 Å². The maximum absolute atomic E-state index is 12.2. The van der Waals surface area contributed by atoms with Gasteiger partial charge in [-0.05, 0) is 29.9 Å². The molecule has 0 aliphatic rings. The molecule has 5 nitrogen and oxygen atoms in total. The van der Waals surface area contributed by atoms with Gasteiger partial charge in [-0.2, -0.15) is 0 Å². The van der Waals surface area contributed by atoms with Gasteiger partial charge in [0.05, 0.1) is 0 Å². The maximum Gasteiger partial charge on any atom is 0.324 e. The minimum absolute atomic E-state index is 0.316. The third-order valence-corrected chi connectivity index (χ3v) is 3.48. The number of anilines is 2. The minimum Gasteiger partial charge on any atom is -0.360 e. The molecule has 2 aromatic rings. The van der Waals surface area contributed by atoms with Gasteiger partial charge in [0.15, 0.2) is 5.82 Å². The normalized spacial score (nSPS) is 11.0. The summed E-state index contributed by atoms with van der Waals surface area (Å²) in [6.45, 7) is 10.2. The van der Waals surface area contributed by atoms with Crippen molar-refractivity contribution in [3.05, 3.63) is 41.2 Å². The molecule has 0 radical (unpaired) electrons. The summed E-state index contributed by atoms with van der Waals surface area (Å²) in [5, 5.41) is 9.42. The molecule has 0 bridgehead atoms. The number of carbonyl (C=O) groups excluding carboxylic acids is 1. The van der Waals surface area contributed by atoms with Crippen LogP contribution < -0.4 is 10.6 Å². The van der Waals surface area contributed by atoms with Gasteiger partial charge in [0, 0.05) is 11.8 Å². The third kappa shape index (κ3) is 3.67. The fourth-order valence-electron chi connectivity index (χ4n) is 2.38. The molecule has 0 fully saturated rings. The Morgan fingerprint density at radius 2 is 1.68 bits per heavy atom. The van der Waals surface area contributed by atoms with E-state index in [0.717, 1.165) is 16.8 Å². The highest BCUT2D eigenvalue weighted by atomic mass is 16.5. The number of aryl methyl sites for hydroxylation is 1. The molecule has 1 aromatic heterocycles. The average Bonchev–Trinajstić information content (AvgIpc) is 2.83. The van der Waals surface area contributed by atoms with Gasteiger partial charge in [-0.3, -0.25) is 5.32 Å². The Bertz CT molecular complexity index is 633. The molecule has 0 aliphatic carbocycles. The SMILES string of the molecule is Cc1cc(NC(=O)Nc2c(C(C)C)cccc2C(C)C)no1. The number of urea groups is 1. The second-order valence-electron chi connectivity index (χ2n) is 6.02. The van der Waals surface area contributed by atoms with E-state index in [1.54, 1.807) is 13.0 Å². The van der Waals surface area contributed by atoms with Crippen molar-refractivity contribution in [1.29, 1.82) is 0 Å². The van der Waals surface area contributed by atoms with Crippen LogP contribution in [0.5, 0.6) is 0 Å². The van der Waals surface area contributed by atoms with Gasteiger partial charge in [0.25, 0.3) is 0 Å². The van der Waals surface area contributed by atoms with Gasteiger partial charge >= 0.3 is 6.03 Å². The van der Waals surface area contributed by atoms with Gasteiger partial charge < -0.3 is 9.84 Å². The maximum atomic E-state index is 12.2. The highest BCUT2D eigenvalue weighted by molar-refractivity contribution is 6.00. The molecule has 0 saturated heterocycles. The number of aromatic nitrogens is 1. The number of para-hydroxylation sites is 1. The van der Waals surface area contributed by atoms with Crippen molar-refractivity contribution in [3.8, 4) is 0 Å². The Labute approximate surface area is 131 Å². The molecule has 2 amide bonds. The zero-order valence-corrected chi connectivity index (χ0v) is 13.7. The van der Waals surface area contributed by atoms with Crippen molar-refractivity contribution in [1.82, 2.24) is 5.16 Å². The number of nitrogens with zero attached hydrogens (tertiary/aromatic N) is 1. The zero-order valence-electron chi connectivity index (χ0n) is 13.7. The largest absolute Gasteiger partial charge is 0.360 e. The van der Waals surface area contributed by atoms with Crippen LogP contribution in [0, 0.1) is 6.92 Å². The van der Waals surface area contributed by atoms with Gasteiger partial charge in [-0.25, -0.2) is 4.79 Å². The van der Waals surface area contributed by atoms with E-state index in [2.05, 4.69) is 43.5 Å². The summed E-state index contributed by atoms with van der Waals surface area (Å²) in [6.07, 6.45) is 0. The monoisotopic (exact) mass is 301 g/mol. The predicted octanol–water partition coefficient (Wildman–Crippen LogP) is 4.87. The summed E-state index contributed by atoms with van der Waals surface area (Å²) in [6, 6.07) is 7.49. The summed E-state index contributed by atoms with van der Waals surface area (Å²) >= 11 is 0. The first-order valence-corrected chi connectivity index (χ1v) is 7.52. The zero-order chi connectivity index (χ0) is 16.3. The summed E-state index contributed by atoms with van der Waals surface area (Å²) in [5.41, 5.74) is 3.13. The van der Waals surface area contributed by atoms with Gasteiger partial charge in [0.2, 0.25) is 0 Å². The second-order valence-corrected chi connectivity index (χ2v) is 6.02. The molecule has 2 rings (SSSR count). The van der Waals surface area contributed by atoms with Crippen molar-refractivity contribution in [2.24, 2.45) is 0 Å². The molecular formula is C17H23N3O2. The fourth-order valence-corrected chi connectivity index (χ4v) is 2.38. The van der Waals surface area contributed by atoms with Gasteiger partial charge in [-0.15, -0.1) is 0 Å². The van der Waals surface area contributed by atoms with E-state index in [1.807, 2.05) is 18.2 Å². The lowest BCUT2D eigenvalue weighted by molar-refractivity contribution is 0.262. The summed E-state index contributed by atoms with van der Waals surface area (Å²) in [7, 11) is 0. The smallest absolute Gasteiger partial charge is 0.324 e. The number of hydrogen-bond donors (Lipinski definition) is 2. The Kier molecular flexibility index (Phi) is 4.85. The van der Waals surface area contributed by atoms with Crippen LogP contribution in [0.1, 0.15) is 56.4 Å². The van der Waals surface area contributed by atoms with Crippen LogP contribution >= 0.6 is 0 Å². The molecule has 0 unspecified atom stereocenters. The van der Waals surface area contributed by atoms with Crippen molar-refractivity contribution in [2.75, 3.05) is 10.6 Å². The van der Waals surface area contributed by atoms with Crippen molar-refractivity contribution in [2.45, 2.75) is 46.5 Å². The second kappa shape index (κ2) is 6.64. The summed E-state index contributed by atoms with van der Waals surface area (Å²) in [5.74, 6) is 1.70. The van der Waals surface area contributed by atoms with Crippen LogP contribution in [0.3, 0.4) is 0 Å². The third-order valence-electron chi connectivity index (χ3n) is 3.48. The summed E-state index contributed by atoms with van der Waals surface area (Å²) < 4.78 is 4.95. The van der Waals surface area contributed by atoms with Crippen LogP contribution in [0.25, 0.3) is 0 Å². The van der Waals surface area contributed by atoms with Crippen LogP contribution in [-0.4, -0.2) is 11.2 Å². The van der Waals surface area contributed by atoms with E-state index in [1.165, 1.54) is 0 Å². The standard InChI is InChI=1S/C17H23N3O2/c1-10(2)13-7-6-8-14(11(3)4)16(13)19-17(21)18-15-9-12(5)22-20-15/h6-11H,1-5H3,(H2,18,19,20,21). The van der Waals surface area contributed by atoms with E-state index < -0.39 is 0 Å². The van der Waals surface area contributed by atoms with Crippen molar-refractivity contribution < 1.29 is 9.32 Å². The van der Waals surface area contributed by atoms with E-state index in [-0.39, 0.29) is 6.03 Å². The lowest BCUT2D eigenvalue weighted by Crippen LogP contribution is -2.22. The van der Waals surface area contributed by atoms with Crippen molar-refractivity contribution in [3.63, 3.8) is 0 Å². The van der Waals surface area contributed by atoms with Crippen LogP contribution in [0.2, 0.25) is 0 Å². The topological polar surface area (TPSA) is 67.2 Å². The lowest BCUT2D eigenvalue weighted by atomic mass is 9.93. The van der Waals surface area contributed by atoms with Crippen LogP contribution in [-0.2, 0) is 0 Å². The van der Waals surface area contributed by atoms with E-state index in [4.69, 9.17) is 4.52 Å². The lowest BCUT2D eigenvalue weighted by Gasteiger charge is -2.20. The fraction of sp³-hybridized carbons (Fsp3) is 0.412. The quantitative estimate of drug-likeness (QED) is 0.846. The van der Waals surface area contributed by atoms with E-state index >= 15 is 0 Å². The molecule has 5 heteroatoms. The molecule has 2 N–H and O–H groups in total. The first-order valence-electron chi connectivity index (χ1n) is 7.52. The number of amides is 2. The average molecular weight is 301 g/mol. The predicted molar refractivity (Wildman–Crippen MR) is 88.5 cm³/mol. The number of nitrogens with one attached hydrogen (secondary N) is 2. The Morgan fingerprint density at radius 1 is 1.09 bits per heavy atom. The molecule has 0 saturated carbocycles. The Hall–Kier alpha value is -2.30. The Balaban J connectivity index is 2.25. The van der Waals surface area contributed by atoms with Gasteiger partial charge in [0.1, 0.15) is 5.76 Å². The number of benzene rings is 1. The highest BCUT2D eigenvalue weighted by Gasteiger charge is 2.16. The molecule has 22 heavy (non-hydrogen) atoms. The number of carbonyl (C=O) groups is 1. The molecular weight excluding hydrogens is 278 g/mol. The van der Waals surface area contributed by atoms with Gasteiger partial charge in [-0.1, -0.05) is 51.1 Å². The summed E-state index contributed by atoms with van der Waals surface area (Å²) in [4.78, 5) is 12.2. The van der Waals surface area contributed by atoms with E-state index in [9.17, 15) is 4.79 Å². The number of hydrogen-bond acceptors (Lipinski definition) is 3. The first kappa shape index (κ1) is 16.1. The van der Waals surface area contributed by atoms with Crippen LogP contribution in [0.15, 0.2) is 28.8 Å². The first-order chi connectivity index (χ1) is 10.4. The van der Waals surface area contributed by atoms with Crippen molar-refractivity contribution >= 4 is 17.5 Å². The molecule has 0 atom stereocenters. The minimum atomic E-state index is -0.316. The molecule has 0 aliphatic heterocycles. The molecule has 118 valence electrons. The highest BCUT2D eigenvalue weighted by Crippen LogP contribution is 2.32. The molecule has 1 aromatic carbocycles. The number of rotatable bonds is 4.